The summed E-state index contributed by atoms with van der Waals surface area (Å²) in [6.07, 6.45) is 9.38. The van der Waals surface area contributed by atoms with Crippen LogP contribution in [0.5, 0.6) is 0 Å². The summed E-state index contributed by atoms with van der Waals surface area (Å²) in [6, 6.07) is 9.78. The van der Waals surface area contributed by atoms with E-state index in [1.54, 1.807) is 0 Å². The molecule has 156 valence electrons. The largest absolute Gasteiger partial charge is 0.349 e. The highest BCUT2D eigenvalue weighted by molar-refractivity contribution is 6.07. The highest BCUT2D eigenvalue weighted by Crippen LogP contribution is 2.36. The average molecular weight is 398 g/mol. The van der Waals surface area contributed by atoms with Gasteiger partial charge in [-0.25, -0.2) is 4.79 Å². The zero-order valence-corrected chi connectivity index (χ0v) is 17.0. The normalized spacial score (nSPS) is 22.7. The topological polar surface area (TPSA) is 78.5 Å². The van der Waals surface area contributed by atoms with E-state index >= 15 is 0 Å². The third kappa shape index (κ3) is 4.16. The van der Waals surface area contributed by atoms with Gasteiger partial charge in [0.25, 0.3) is 5.91 Å². The van der Waals surface area contributed by atoms with Crippen LogP contribution < -0.4 is 10.6 Å². The number of urea groups is 1. The van der Waals surface area contributed by atoms with Crippen molar-refractivity contribution in [3.63, 3.8) is 0 Å². The molecule has 1 aliphatic heterocycles. The summed E-state index contributed by atoms with van der Waals surface area (Å²) >= 11 is 0. The van der Waals surface area contributed by atoms with Crippen molar-refractivity contribution in [3.8, 4) is 0 Å². The van der Waals surface area contributed by atoms with E-state index in [-0.39, 0.29) is 36.9 Å². The molecule has 1 spiro atoms. The molecule has 4 amide bonds. The highest BCUT2D eigenvalue weighted by atomic mass is 16.2. The quantitative estimate of drug-likeness (QED) is 0.719. The van der Waals surface area contributed by atoms with Gasteiger partial charge in [-0.2, -0.15) is 0 Å². The summed E-state index contributed by atoms with van der Waals surface area (Å²) in [4.78, 5) is 39.1. The maximum absolute atomic E-state index is 12.8. The van der Waals surface area contributed by atoms with Gasteiger partial charge in [0.15, 0.2) is 0 Å². The number of carbonyl (C=O) groups excluding carboxylic acids is 3. The van der Waals surface area contributed by atoms with Crippen LogP contribution in [0.3, 0.4) is 0 Å². The van der Waals surface area contributed by atoms with E-state index in [0.717, 1.165) is 31.2 Å². The molecule has 1 heterocycles. The number of imide groups is 1. The molecule has 1 aromatic rings. The van der Waals surface area contributed by atoms with Crippen LogP contribution >= 0.6 is 0 Å². The van der Waals surface area contributed by atoms with Crippen molar-refractivity contribution >= 4 is 17.8 Å². The van der Waals surface area contributed by atoms with Crippen molar-refractivity contribution in [2.75, 3.05) is 6.54 Å². The zero-order valence-electron chi connectivity index (χ0n) is 17.0. The lowest BCUT2D eigenvalue weighted by atomic mass is 9.81. The van der Waals surface area contributed by atoms with Gasteiger partial charge in [0.1, 0.15) is 5.54 Å². The lowest BCUT2D eigenvalue weighted by Crippen LogP contribution is -2.44. The summed E-state index contributed by atoms with van der Waals surface area (Å²) in [6.45, 7) is 0.143. The fourth-order valence-corrected chi connectivity index (χ4v) is 5.26. The maximum Gasteiger partial charge on any atom is 0.325 e. The fourth-order valence-electron chi connectivity index (χ4n) is 5.26. The van der Waals surface area contributed by atoms with Crippen LogP contribution in [0, 0.1) is 5.92 Å². The lowest BCUT2D eigenvalue weighted by molar-refractivity contribution is -0.131. The van der Waals surface area contributed by atoms with Gasteiger partial charge in [-0.3, -0.25) is 14.5 Å². The van der Waals surface area contributed by atoms with Gasteiger partial charge < -0.3 is 10.6 Å². The molecule has 0 bridgehead atoms. The van der Waals surface area contributed by atoms with E-state index < -0.39 is 5.54 Å². The summed E-state index contributed by atoms with van der Waals surface area (Å²) in [5.41, 5.74) is 0.426. The Labute approximate surface area is 172 Å². The minimum Gasteiger partial charge on any atom is -0.349 e. The summed E-state index contributed by atoms with van der Waals surface area (Å²) in [5, 5.41) is 6.09. The van der Waals surface area contributed by atoms with Crippen LogP contribution in [-0.2, 0) is 9.59 Å². The summed E-state index contributed by atoms with van der Waals surface area (Å²) in [7, 11) is 0. The average Bonchev–Trinajstić information content (AvgIpc) is 3.31. The Morgan fingerprint density at radius 3 is 2.45 bits per heavy atom. The van der Waals surface area contributed by atoms with Crippen LogP contribution in [0.2, 0.25) is 0 Å². The molecule has 2 N–H and O–H groups in total. The molecule has 2 saturated carbocycles. The first-order chi connectivity index (χ1) is 14.1. The molecule has 2 aliphatic carbocycles. The molecule has 0 radical (unpaired) electrons. The minimum atomic E-state index is -0.706. The van der Waals surface area contributed by atoms with E-state index in [1.165, 1.54) is 24.2 Å². The van der Waals surface area contributed by atoms with Crippen molar-refractivity contribution in [1.29, 1.82) is 0 Å². The number of carbonyl (C=O) groups is 3. The van der Waals surface area contributed by atoms with Crippen molar-refractivity contribution < 1.29 is 14.4 Å². The smallest absolute Gasteiger partial charge is 0.325 e. The lowest BCUT2D eigenvalue weighted by Gasteiger charge is -2.31. The van der Waals surface area contributed by atoms with Crippen LogP contribution in [0.25, 0.3) is 0 Å². The number of hydrogen-bond acceptors (Lipinski definition) is 3. The SMILES string of the molecule is O=C(CCN1C(=O)NC2(CCCC2)C1=O)NC(c1ccccc1)C1CCCCC1. The molecule has 29 heavy (non-hydrogen) atoms. The van der Waals surface area contributed by atoms with Gasteiger partial charge in [-0.1, -0.05) is 62.4 Å². The van der Waals surface area contributed by atoms with Gasteiger partial charge >= 0.3 is 6.03 Å². The number of nitrogens with one attached hydrogen (secondary N) is 2. The molecule has 0 aromatic heterocycles. The van der Waals surface area contributed by atoms with Crippen molar-refractivity contribution in [2.24, 2.45) is 5.92 Å². The van der Waals surface area contributed by atoms with Crippen molar-refractivity contribution in [1.82, 2.24) is 15.5 Å². The monoisotopic (exact) mass is 397 g/mol. The third-order valence-corrected chi connectivity index (χ3v) is 6.86. The molecule has 1 aromatic carbocycles. The molecule has 1 unspecified atom stereocenters. The summed E-state index contributed by atoms with van der Waals surface area (Å²) in [5.74, 6) is 0.186. The Hall–Kier alpha value is -2.37. The van der Waals surface area contributed by atoms with Gasteiger partial charge in [0, 0.05) is 13.0 Å². The van der Waals surface area contributed by atoms with E-state index in [0.29, 0.717) is 18.8 Å². The minimum absolute atomic E-state index is 0.00622. The van der Waals surface area contributed by atoms with Crippen LogP contribution in [0.15, 0.2) is 30.3 Å². The molecule has 1 saturated heterocycles. The second kappa shape index (κ2) is 8.56. The first kappa shape index (κ1) is 19.9. The van der Waals surface area contributed by atoms with Crippen molar-refractivity contribution in [3.05, 3.63) is 35.9 Å². The predicted octanol–water partition coefficient (Wildman–Crippen LogP) is 3.68. The molecule has 3 aliphatic rings. The van der Waals surface area contributed by atoms with Gasteiger partial charge in [-0.05, 0) is 37.2 Å². The first-order valence-corrected chi connectivity index (χ1v) is 11.1. The molecule has 1 atom stereocenters. The molecule has 6 heteroatoms. The highest BCUT2D eigenvalue weighted by Gasteiger charge is 2.52. The van der Waals surface area contributed by atoms with Gasteiger partial charge in [-0.15, -0.1) is 0 Å². The second-order valence-electron chi connectivity index (χ2n) is 8.78. The van der Waals surface area contributed by atoms with E-state index in [2.05, 4.69) is 22.8 Å². The Balaban J connectivity index is 1.38. The second-order valence-corrected chi connectivity index (χ2v) is 8.78. The van der Waals surface area contributed by atoms with Gasteiger partial charge in [0.2, 0.25) is 5.91 Å². The predicted molar refractivity (Wildman–Crippen MR) is 110 cm³/mol. The van der Waals surface area contributed by atoms with Crippen LogP contribution in [0.4, 0.5) is 4.79 Å². The third-order valence-electron chi connectivity index (χ3n) is 6.86. The maximum atomic E-state index is 12.8. The number of amides is 4. The Kier molecular flexibility index (Phi) is 5.88. The summed E-state index contributed by atoms with van der Waals surface area (Å²) < 4.78 is 0. The molecular formula is C23H31N3O3. The number of hydrogen-bond donors (Lipinski definition) is 2. The zero-order chi connectivity index (χ0) is 20.3. The van der Waals surface area contributed by atoms with Crippen LogP contribution in [0.1, 0.15) is 75.8 Å². The van der Waals surface area contributed by atoms with E-state index in [4.69, 9.17) is 0 Å². The first-order valence-electron chi connectivity index (χ1n) is 11.1. The number of rotatable bonds is 6. The standard InChI is InChI=1S/C23H31N3O3/c27-19(13-16-26-21(28)23(25-22(26)29)14-7-8-15-23)24-20(17-9-3-1-4-10-17)18-11-5-2-6-12-18/h1,3-4,9-10,18,20H,2,5-8,11-16H2,(H,24,27)(H,25,29). The fraction of sp³-hybridized carbons (Fsp3) is 0.609. The molecule has 4 rings (SSSR count). The van der Waals surface area contributed by atoms with E-state index in [1.807, 2.05) is 18.2 Å². The molecule has 3 fully saturated rings. The number of benzene rings is 1. The molecule has 6 nitrogen and oxygen atoms in total. The van der Waals surface area contributed by atoms with Crippen molar-refractivity contribution in [2.45, 2.75) is 75.8 Å². The number of nitrogens with zero attached hydrogens (tertiary/aromatic N) is 1. The Morgan fingerprint density at radius 1 is 1.07 bits per heavy atom. The van der Waals surface area contributed by atoms with Crippen LogP contribution in [-0.4, -0.2) is 34.8 Å². The molecular weight excluding hydrogens is 366 g/mol. The van der Waals surface area contributed by atoms with E-state index in [9.17, 15) is 14.4 Å². The van der Waals surface area contributed by atoms with Gasteiger partial charge in [0.05, 0.1) is 6.04 Å². The Morgan fingerprint density at radius 2 is 1.76 bits per heavy atom. The Bertz CT molecular complexity index is 752.